The molecule has 0 amide bonds. The Hall–Kier alpha value is -1.30. The van der Waals surface area contributed by atoms with Crippen LogP contribution in [0.2, 0.25) is 0 Å². The highest BCUT2D eigenvalue weighted by Gasteiger charge is 2.20. The molecule has 0 atom stereocenters. The fourth-order valence-electron chi connectivity index (χ4n) is 1.34. The zero-order chi connectivity index (χ0) is 14.4. The first-order valence-corrected chi connectivity index (χ1v) is 5.40. The van der Waals surface area contributed by atoms with Crippen LogP contribution in [0.4, 0.5) is 17.3 Å². The van der Waals surface area contributed by atoms with Gasteiger partial charge in [0, 0.05) is 5.57 Å². The van der Waals surface area contributed by atoms with E-state index in [1.807, 2.05) is 6.07 Å². The smallest absolute Gasteiger partial charge is 0.418 e. The Morgan fingerprint density at radius 3 is 1.78 bits per heavy atom. The largest absolute Gasteiger partial charge is 0.673 e. The minimum atomic E-state index is -6.00. The van der Waals surface area contributed by atoms with Gasteiger partial charge in [0.1, 0.15) is 6.54 Å². The van der Waals surface area contributed by atoms with E-state index < -0.39 is 7.25 Å². The number of halogens is 4. The highest BCUT2D eigenvalue weighted by molar-refractivity contribution is 6.50. The second-order valence-corrected chi connectivity index (χ2v) is 4.91. The van der Waals surface area contributed by atoms with Crippen LogP contribution < -0.4 is 0 Å². The summed E-state index contributed by atoms with van der Waals surface area (Å²) in [5.41, 5.74) is 2.45. The lowest BCUT2D eigenvalue weighted by molar-refractivity contribution is -0.862. The molecule has 1 nitrogen and oxygen atoms in total. The van der Waals surface area contributed by atoms with Gasteiger partial charge >= 0.3 is 7.25 Å². The van der Waals surface area contributed by atoms with Gasteiger partial charge in [-0.1, -0.05) is 36.9 Å². The van der Waals surface area contributed by atoms with E-state index in [1.165, 1.54) is 11.1 Å². The fourth-order valence-corrected chi connectivity index (χ4v) is 1.34. The molecule has 0 aromatic heterocycles. The van der Waals surface area contributed by atoms with Crippen LogP contribution in [0.3, 0.4) is 0 Å². The number of hydrogen-bond donors (Lipinski definition) is 0. The van der Waals surface area contributed by atoms with E-state index in [9.17, 15) is 17.3 Å². The van der Waals surface area contributed by atoms with Crippen LogP contribution in [-0.2, 0) is 0 Å². The van der Waals surface area contributed by atoms with Crippen molar-refractivity contribution in [2.24, 2.45) is 0 Å². The highest BCUT2D eigenvalue weighted by Crippen LogP contribution is 2.13. The lowest BCUT2D eigenvalue weighted by Gasteiger charge is -2.24. The third kappa shape index (κ3) is 11.2. The van der Waals surface area contributed by atoms with Crippen LogP contribution in [0.5, 0.6) is 0 Å². The second kappa shape index (κ2) is 6.59. The number of benzene rings is 1. The van der Waals surface area contributed by atoms with E-state index in [1.54, 1.807) is 0 Å². The summed E-state index contributed by atoms with van der Waals surface area (Å²) in [4.78, 5) is 0. The fraction of sp³-hybridized carbons (Fsp3) is 0.333. The van der Waals surface area contributed by atoms with Crippen molar-refractivity contribution < 1.29 is 21.7 Å². The molecule has 6 heteroatoms. The van der Waals surface area contributed by atoms with E-state index in [4.69, 9.17) is 0 Å². The van der Waals surface area contributed by atoms with E-state index in [0.29, 0.717) is 0 Å². The van der Waals surface area contributed by atoms with Gasteiger partial charge in [-0.25, -0.2) is 0 Å². The summed E-state index contributed by atoms with van der Waals surface area (Å²) in [5, 5.41) is 0. The van der Waals surface area contributed by atoms with E-state index in [0.717, 1.165) is 11.0 Å². The minimum absolute atomic E-state index is 0.924. The third-order valence-electron chi connectivity index (χ3n) is 1.85. The Balaban J connectivity index is 0.000000494. The summed E-state index contributed by atoms with van der Waals surface area (Å²) in [6, 6.07) is 10.4. The number of quaternary nitrogens is 1. The van der Waals surface area contributed by atoms with Gasteiger partial charge < -0.3 is 21.7 Å². The molecule has 0 aliphatic carbocycles. The molecule has 1 aromatic rings. The lowest BCUT2D eigenvalue weighted by atomic mass is 10.1. The molecule has 0 unspecified atom stereocenters. The number of nitrogens with zero attached hydrogens (tertiary/aromatic N) is 1. The molecule has 0 N–H and O–H groups in total. The van der Waals surface area contributed by atoms with Gasteiger partial charge in [-0.3, -0.25) is 0 Å². The van der Waals surface area contributed by atoms with E-state index >= 15 is 0 Å². The van der Waals surface area contributed by atoms with Crippen LogP contribution in [0, 0.1) is 0 Å². The lowest BCUT2D eigenvalue weighted by Crippen LogP contribution is -2.35. The molecule has 18 heavy (non-hydrogen) atoms. The van der Waals surface area contributed by atoms with Crippen LogP contribution in [0.1, 0.15) is 5.56 Å². The number of likely N-dealkylation sites (N-methyl/N-ethyl adjacent to an activating group) is 1. The quantitative estimate of drug-likeness (QED) is 0.443. The highest BCUT2D eigenvalue weighted by atomic mass is 19.5. The van der Waals surface area contributed by atoms with Gasteiger partial charge in [-0.05, 0) is 5.56 Å². The van der Waals surface area contributed by atoms with Gasteiger partial charge in [-0.2, -0.15) is 0 Å². The number of hydrogen-bond acceptors (Lipinski definition) is 0. The molecule has 0 spiro atoms. The van der Waals surface area contributed by atoms with Crippen LogP contribution in [0.15, 0.2) is 36.9 Å². The SMILES string of the molecule is C=C(C[N+](C)(C)C)c1ccccc1.F[B-](F)(F)F. The average Bonchev–Trinajstić information content (AvgIpc) is 2.14. The summed E-state index contributed by atoms with van der Waals surface area (Å²) in [7, 11) is 0.524. The Bertz CT molecular complexity index is 362. The zero-order valence-corrected chi connectivity index (χ0v) is 10.8. The summed E-state index contributed by atoms with van der Waals surface area (Å²) in [5.74, 6) is 0. The summed E-state index contributed by atoms with van der Waals surface area (Å²) in [6.07, 6.45) is 0. The molecule has 1 rings (SSSR count). The van der Waals surface area contributed by atoms with Crippen molar-refractivity contribution in [1.82, 2.24) is 0 Å². The molecule has 0 saturated heterocycles. The van der Waals surface area contributed by atoms with Crippen molar-refractivity contribution in [2.45, 2.75) is 0 Å². The molecule has 0 aliphatic heterocycles. The predicted octanol–water partition coefficient (Wildman–Crippen LogP) is 3.71. The molecular weight excluding hydrogens is 245 g/mol. The molecule has 0 fully saturated rings. The Kier molecular flexibility index (Phi) is 6.11. The van der Waals surface area contributed by atoms with Crippen molar-refractivity contribution in [3.8, 4) is 0 Å². The molecule has 0 aliphatic rings. The standard InChI is InChI=1S/C12H18N.BF4/c1-11(10-13(2,3)4)12-8-6-5-7-9-12;2-1(3,4)5/h5-9H,1,10H2,2-4H3;/q+1;-1. The molecule has 1 aromatic carbocycles. The third-order valence-corrected chi connectivity index (χ3v) is 1.85. The van der Waals surface area contributed by atoms with Crippen LogP contribution in [-0.4, -0.2) is 39.4 Å². The van der Waals surface area contributed by atoms with E-state index in [-0.39, 0.29) is 0 Å². The first kappa shape index (κ1) is 16.7. The van der Waals surface area contributed by atoms with Crippen molar-refractivity contribution in [3.63, 3.8) is 0 Å². The number of rotatable bonds is 3. The van der Waals surface area contributed by atoms with Crippen molar-refractivity contribution in [2.75, 3.05) is 27.7 Å². The first-order valence-electron chi connectivity index (χ1n) is 5.40. The normalized spacial score (nSPS) is 11.5. The first-order chi connectivity index (χ1) is 7.99. The Morgan fingerprint density at radius 2 is 1.44 bits per heavy atom. The molecular formula is C12H18BF4N. The van der Waals surface area contributed by atoms with Crippen molar-refractivity contribution in [3.05, 3.63) is 42.5 Å². The maximum absolute atomic E-state index is 9.75. The van der Waals surface area contributed by atoms with Gasteiger partial charge in [-0.15, -0.1) is 0 Å². The molecule has 0 saturated carbocycles. The Morgan fingerprint density at radius 1 is 1.06 bits per heavy atom. The molecule has 0 heterocycles. The van der Waals surface area contributed by atoms with Gasteiger partial charge in [0.25, 0.3) is 0 Å². The predicted molar refractivity (Wildman–Crippen MR) is 68.6 cm³/mol. The Labute approximate surface area is 105 Å². The van der Waals surface area contributed by atoms with Gasteiger partial charge in [0.2, 0.25) is 0 Å². The van der Waals surface area contributed by atoms with Gasteiger partial charge in [0.15, 0.2) is 0 Å². The van der Waals surface area contributed by atoms with Crippen molar-refractivity contribution >= 4 is 12.8 Å². The summed E-state index contributed by atoms with van der Waals surface area (Å²) >= 11 is 0. The molecule has 0 bridgehead atoms. The van der Waals surface area contributed by atoms with Crippen LogP contribution in [0.25, 0.3) is 5.57 Å². The average molecular weight is 263 g/mol. The maximum atomic E-state index is 9.75. The van der Waals surface area contributed by atoms with Crippen LogP contribution >= 0.6 is 0 Å². The van der Waals surface area contributed by atoms with Gasteiger partial charge in [0.05, 0.1) is 21.1 Å². The molecule has 0 radical (unpaired) electrons. The summed E-state index contributed by atoms with van der Waals surface area (Å²) < 4.78 is 39.9. The zero-order valence-electron chi connectivity index (χ0n) is 10.8. The maximum Gasteiger partial charge on any atom is 0.673 e. The monoisotopic (exact) mass is 263 g/mol. The summed E-state index contributed by atoms with van der Waals surface area (Å²) in [6.45, 7) is 5.08. The topological polar surface area (TPSA) is 0 Å². The van der Waals surface area contributed by atoms with E-state index in [2.05, 4.69) is 52.0 Å². The van der Waals surface area contributed by atoms with Crippen molar-refractivity contribution in [1.29, 1.82) is 0 Å². The second-order valence-electron chi connectivity index (χ2n) is 4.91. The minimum Gasteiger partial charge on any atom is -0.418 e. The molecule has 102 valence electrons.